The van der Waals surface area contributed by atoms with E-state index in [-0.39, 0.29) is 27.6 Å². The maximum absolute atomic E-state index is 12.5. The van der Waals surface area contributed by atoms with Crippen LogP contribution in [-0.4, -0.2) is 32.5 Å². The van der Waals surface area contributed by atoms with Crippen molar-refractivity contribution < 1.29 is 23.1 Å². The standard InChI is InChI=1S/C20H16F3N5O2S/c1-10-16(26-28-19(30)31-10)12-4-7-15-14(8-12)17(18(29)24-15)27-25-13-5-2-11(3-6-13)9-20(21,22)23/h2-8,10,24,29H,9H2,1H3,(H,28,30). The monoisotopic (exact) mass is 447 g/mol. The number of hydrogen-bond donors (Lipinski definition) is 3. The molecule has 0 fully saturated rings. The van der Waals surface area contributed by atoms with E-state index < -0.39 is 12.6 Å². The molecule has 0 saturated carbocycles. The molecule has 1 unspecified atom stereocenters. The van der Waals surface area contributed by atoms with Crippen molar-refractivity contribution in [3.05, 3.63) is 53.6 Å². The van der Waals surface area contributed by atoms with Crippen LogP contribution >= 0.6 is 11.8 Å². The van der Waals surface area contributed by atoms with Crippen LogP contribution in [0.3, 0.4) is 0 Å². The molecule has 1 atom stereocenters. The predicted octanol–water partition coefficient (Wildman–Crippen LogP) is 5.94. The third-order valence-corrected chi connectivity index (χ3v) is 5.47. The Morgan fingerprint density at radius 1 is 1.16 bits per heavy atom. The van der Waals surface area contributed by atoms with Crippen molar-refractivity contribution in [3.63, 3.8) is 0 Å². The Kier molecular flexibility index (Phi) is 5.44. The molecule has 0 spiro atoms. The summed E-state index contributed by atoms with van der Waals surface area (Å²) >= 11 is 1.12. The number of benzene rings is 2. The highest BCUT2D eigenvalue weighted by atomic mass is 32.2. The number of aromatic amines is 1. The van der Waals surface area contributed by atoms with Gasteiger partial charge in [0.25, 0.3) is 5.24 Å². The normalized spacial score (nSPS) is 17.2. The van der Waals surface area contributed by atoms with Crippen LogP contribution < -0.4 is 5.43 Å². The molecular weight excluding hydrogens is 431 g/mol. The van der Waals surface area contributed by atoms with Crippen molar-refractivity contribution in [1.82, 2.24) is 10.4 Å². The number of carbonyl (C=O) groups excluding carboxylic acids is 1. The fourth-order valence-corrected chi connectivity index (χ4v) is 3.90. The molecule has 1 aliphatic rings. The maximum atomic E-state index is 12.5. The van der Waals surface area contributed by atoms with Crippen LogP contribution in [0.5, 0.6) is 5.88 Å². The van der Waals surface area contributed by atoms with Crippen molar-refractivity contribution in [3.8, 4) is 5.88 Å². The zero-order chi connectivity index (χ0) is 22.2. The summed E-state index contributed by atoms with van der Waals surface area (Å²) in [5.41, 5.74) is 5.15. The van der Waals surface area contributed by atoms with E-state index in [1.165, 1.54) is 24.3 Å². The summed E-state index contributed by atoms with van der Waals surface area (Å²) in [6.45, 7) is 1.87. The van der Waals surface area contributed by atoms with Crippen molar-refractivity contribution >= 4 is 45.0 Å². The van der Waals surface area contributed by atoms with Crippen LogP contribution in [0.15, 0.2) is 57.8 Å². The van der Waals surface area contributed by atoms with E-state index in [9.17, 15) is 23.1 Å². The molecule has 1 amide bonds. The number of nitrogens with zero attached hydrogens (tertiary/aromatic N) is 3. The van der Waals surface area contributed by atoms with Gasteiger partial charge in [-0.3, -0.25) is 4.79 Å². The molecule has 0 radical (unpaired) electrons. The molecule has 3 N–H and O–H groups in total. The van der Waals surface area contributed by atoms with E-state index in [0.717, 1.165) is 17.3 Å². The zero-order valence-corrected chi connectivity index (χ0v) is 16.9. The Balaban J connectivity index is 1.63. The molecule has 11 heteroatoms. The van der Waals surface area contributed by atoms with Gasteiger partial charge in [-0.15, -0.1) is 5.11 Å². The second-order valence-electron chi connectivity index (χ2n) is 6.90. The third-order valence-electron chi connectivity index (χ3n) is 4.59. The largest absolute Gasteiger partial charge is 0.493 e. The summed E-state index contributed by atoms with van der Waals surface area (Å²) < 4.78 is 37.4. The topological polar surface area (TPSA) is 102 Å². The van der Waals surface area contributed by atoms with Gasteiger partial charge in [0, 0.05) is 5.39 Å². The van der Waals surface area contributed by atoms with E-state index in [1.807, 2.05) is 13.0 Å². The summed E-state index contributed by atoms with van der Waals surface area (Å²) in [4.78, 5) is 14.3. The lowest BCUT2D eigenvalue weighted by molar-refractivity contribution is -0.127. The predicted molar refractivity (Wildman–Crippen MR) is 112 cm³/mol. The van der Waals surface area contributed by atoms with Crippen molar-refractivity contribution in [2.45, 2.75) is 24.8 Å². The van der Waals surface area contributed by atoms with E-state index >= 15 is 0 Å². The maximum Gasteiger partial charge on any atom is 0.393 e. The molecule has 0 aliphatic carbocycles. The summed E-state index contributed by atoms with van der Waals surface area (Å²) in [7, 11) is 0. The second-order valence-corrected chi connectivity index (χ2v) is 8.21. The van der Waals surface area contributed by atoms with Gasteiger partial charge in [-0.2, -0.15) is 23.4 Å². The number of aromatic nitrogens is 1. The van der Waals surface area contributed by atoms with Crippen molar-refractivity contribution in [1.29, 1.82) is 0 Å². The minimum Gasteiger partial charge on any atom is -0.493 e. The molecule has 4 rings (SSSR count). The average molecular weight is 447 g/mol. The fourth-order valence-electron chi connectivity index (χ4n) is 3.18. The lowest BCUT2D eigenvalue weighted by atomic mass is 10.1. The second kappa shape index (κ2) is 8.06. The first-order valence-corrected chi connectivity index (χ1v) is 10.0. The van der Waals surface area contributed by atoms with Gasteiger partial charge >= 0.3 is 6.18 Å². The third kappa shape index (κ3) is 4.71. The van der Waals surface area contributed by atoms with Crippen LogP contribution in [0.4, 0.5) is 29.3 Å². The molecule has 0 bridgehead atoms. The van der Waals surface area contributed by atoms with E-state index in [0.29, 0.717) is 22.3 Å². The number of halogens is 3. The smallest absolute Gasteiger partial charge is 0.393 e. The van der Waals surface area contributed by atoms with Crippen LogP contribution in [0.25, 0.3) is 10.9 Å². The number of fused-ring (bicyclic) bond motifs is 1. The van der Waals surface area contributed by atoms with Gasteiger partial charge < -0.3 is 10.1 Å². The first-order chi connectivity index (χ1) is 14.7. The summed E-state index contributed by atoms with van der Waals surface area (Å²) in [5.74, 6) is -0.189. The van der Waals surface area contributed by atoms with E-state index in [4.69, 9.17) is 0 Å². The number of aromatic hydroxyl groups is 1. The summed E-state index contributed by atoms with van der Waals surface area (Å²) in [6, 6.07) is 10.9. The van der Waals surface area contributed by atoms with Gasteiger partial charge in [-0.05, 0) is 42.3 Å². The van der Waals surface area contributed by atoms with Gasteiger partial charge in [0.05, 0.1) is 28.6 Å². The molecule has 31 heavy (non-hydrogen) atoms. The highest BCUT2D eigenvalue weighted by molar-refractivity contribution is 8.14. The number of hydrogen-bond acceptors (Lipinski definition) is 6. The number of nitrogens with one attached hydrogen (secondary N) is 2. The molecule has 1 aromatic heterocycles. The number of alkyl halides is 3. The van der Waals surface area contributed by atoms with Crippen LogP contribution in [-0.2, 0) is 6.42 Å². The minimum absolute atomic E-state index is 0.123. The highest BCUT2D eigenvalue weighted by Gasteiger charge is 2.27. The Morgan fingerprint density at radius 2 is 1.90 bits per heavy atom. The summed E-state index contributed by atoms with van der Waals surface area (Å²) in [6.07, 6.45) is -5.30. The molecule has 2 heterocycles. The number of thioether (sulfide) groups is 1. The number of rotatable bonds is 4. The molecular formula is C20H16F3N5O2S. The lowest BCUT2D eigenvalue weighted by Gasteiger charge is -2.18. The Labute approximate surface area is 178 Å². The Hall–Kier alpha value is -3.34. The molecule has 1 aliphatic heterocycles. The molecule has 3 aromatic rings. The molecule has 7 nitrogen and oxygen atoms in total. The quantitative estimate of drug-likeness (QED) is 0.431. The highest BCUT2D eigenvalue weighted by Crippen LogP contribution is 2.37. The molecule has 160 valence electrons. The van der Waals surface area contributed by atoms with E-state index in [1.54, 1.807) is 12.1 Å². The van der Waals surface area contributed by atoms with Crippen molar-refractivity contribution in [2.24, 2.45) is 15.3 Å². The number of hydrazone groups is 1. The number of azo groups is 1. The van der Waals surface area contributed by atoms with Gasteiger partial charge in [-0.1, -0.05) is 30.0 Å². The van der Waals surface area contributed by atoms with Gasteiger partial charge in [0.15, 0.2) is 5.69 Å². The Morgan fingerprint density at radius 3 is 2.58 bits per heavy atom. The van der Waals surface area contributed by atoms with Gasteiger partial charge in [-0.25, -0.2) is 5.43 Å². The number of H-pyrrole nitrogens is 1. The lowest BCUT2D eigenvalue weighted by Crippen LogP contribution is -2.29. The minimum atomic E-state index is -4.28. The van der Waals surface area contributed by atoms with Crippen LogP contribution in [0.1, 0.15) is 18.1 Å². The van der Waals surface area contributed by atoms with Gasteiger partial charge in [0.2, 0.25) is 5.88 Å². The first-order valence-electron chi connectivity index (χ1n) is 9.16. The van der Waals surface area contributed by atoms with Crippen LogP contribution in [0, 0.1) is 0 Å². The van der Waals surface area contributed by atoms with Crippen LogP contribution in [0.2, 0.25) is 0 Å². The fraction of sp³-hybridized carbons (Fsp3) is 0.200. The van der Waals surface area contributed by atoms with Gasteiger partial charge in [0.1, 0.15) is 0 Å². The SMILES string of the molecule is CC1SC(=O)NN=C1c1ccc2[nH]c(O)c(N=Nc3ccc(CC(F)(F)F)cc3)c2c1. The molecule has 0 saturated heterocycles. The Bertz CT molecular complexity index is 1200. The number of carbonyl (C=O) groups is 1. The average Bonchev–Trinajstić information content (AvgIpc) is 3.00. The van der Waals surface area contributed by atoms with E-state index in [2.05, 4.69) is 25.7 Å². The van der Waals surface area contributed by atoms with Crippen molar-refractivity contribution in [2.75, 3.05) is 0 Å². The first kappa shape index (κ1) is 20.9. The zero-order valence-electron chi connectivity index (χ0n) is 16.1. The molecule has 2 aromatic carbocycles. The summed E-state index contributed by atoms with van der Waals surface area (Å²) in [5, 5.41) is 22.7. The number of amides is 1.